The summed E-state index contributed by atoms with van der Waals surface area (Å²) in [6.07, 6.45) is 2.57. The Morgan fingerprint density at radius 2 is 2.40 bits per heavy atom. The minimum absolute atomic E-state index is 0.588. The quantitative estimate of drug-likeness (QED) is 0.527. The topological polar surface area (TPSA) is 24.5 Å². The van der Waals surface area contributed by atoms with Crippen molar-refractivity contribution in [2.75, 3.05) is 13.3 Å². The number of piperidine rings is 1. The summed E-state index contributed by atoms with van der Waals surface area (Å²) in [5.74, 6) is 0. The van der Waals surface area contributed by atoms with Crippen molar-refractivity contribution in [3.63, 3.8) is 0 Å². The van der Waals surface area contributed by atoms with Gasteiger partial charge in [-0.25, -0.2) is 0 Å². The zero-order chi connectivity index (χ0) is 6.97. The third-order valence-corrected chi connectivity index (χ3v) is 2.49. The molecular formula is C7H14N2O. The molecule has 3 atom stereocenters. The van der Waals surface area contributed by atoms with E-state index in [-0.39, 0.29) is 0 Å². The van der Waals surface area contributed by atoms with Crippen LogP contribution in [0, 0.1) is 0 Å². The van der Waals surface area contributed by atoms with E-state index in [0.717, 1.165) is 12.8 Å². The molecule has 3 unspecified atom stereocenters. The van der Waals surface area contributed by atoms with Crippen LogP contribution >= 0.6 is 0 Å². The van der Waals surface area contributed by atoms with Crippen molar-refractivity contribution in [2.45, 2.75) is 31.8 Å². The van der Waals surface area contributed by atoms with Crippen molar-refractivity contribution < 1.29 is 4.84 Å². The van der Waals surface area contributed by atoms with Crippen LogP contribution in [-0.2, 0) is 4.84 Å². The second-order valence-electron chi connectivity index (χ2n) is 3.29. The van der Waals surface area contributed by atoms with Crippen LogP contribution in [0.5, 0.6) is 0 Å². The molecule has 2 rings (SSSR count). The molecule has 0 aliphatic carbocycles. The first-order valence-corrected chi connectivity index (χ1v) is 3.97. The minimum Gasteiger partial charge on any atom is -0.286 e. The van der Waals surface area contributed by atoms with Gasteiger partial charge in [0, 0.05) is 18.6 Å². The maximum Gasteiger partial charge on any atom is 0.121 e. The molecule has 0 spiro atoms. The van der Waals surface area contributed by atoms with Crippen LogP contribution in [0.15, 0.2) is 0 Å². The van der Waals surface area contributed by atoms with E-state index in [9.17, 15) is 0 Å². The van der Waals surface area contributed by atoms with Crippen molar-refractivity contribution >= 4 is 0 Å². The number of nitrogens with one attached hydrogen (secondary N) is 1. The van der Waals surface area contributed by atoms with E-state index >= 15 is 0 Å². The van der Waals surface area contributed by atoms with Crippen LogP contribution in [-0.4, -0.2) is 30.3 Å². The average molecular weight is 142 g/mol. The van der Waals surface area contributed by atoms with Crippen molar-refractivity contribution in [3.05, 3.63) is 0 Å². The first kappa shape index (κ1) is 6.58. The number of hydroxylamine groups is 1. The largest absolute Gasteiger partial charge is 0.286 e. The molecule has 2 heterocycles. The van der Waals surface area contributed by atoms with Crippen LogP contribution in [0.1, 0.15) is 19.8 Å². The standard InChI is InChI=1S/C7H14N2O/c1-6-2-3-7-4-9(6)5-10-8-7/h6-8H,2-5H2,1H3. The van der Waals surface area contributed by atoms with E-state index in [0.29, 0.717) is 6.04 Å². The Labute approximate surface area is 61.3 Å². The lowest BCUT2D eigenvalue weighted by Crippen LogP contribution is -2.55. The van der Waals surface area contributed by atoms with Crippen molar-refractivity contribution in [2.24, 2.45) is 0 Å². The van der Waals surface area contributed by atoms with Crippen molar-refractivity contribution in [1.82, 2.24) is 10.4 Å². The lowest BCUT2D eigenvalue weighted by molar-refractivity contribution is -0.129. The van der Waals surface area contributed by atoms with Crippen LogP contribution in [0.2, 0.25) is 0 Å². The monoisotopic (exact) mass is 142 g/mol. The molecule has 2 bridgehead atoms. The van der Waals surface area contributed by atoms with Gasteiger partial charge in [0.1, 0.15) is 6.73 Å². The molecular weight excluding hydrogens is 128 g/mol. The molecule has 0 amide bonds. The van der Waals surface area contributed by atoms with Gasteiger partial charge in [-0.05, 0) is 19.8 Å². The third kappa shape index (κ3) is 1.05. The Kier molecular flexibility index (Phi) is 1.64. The summed E-state index contributed by atoms with van der Waals surface area (Å²) in [5, 5.41) is 0. The maximum atomic E-state index is 5.18. The lowest BCUT2D eigenvalue weighted by Gasteiger charge is -2.41. The van der Waals surface area contributed by atoms with Crippen molar-refractivity contribution in [3.8, 4) is 0 Å². The van der Waals surface area contributed by atoms with E-state index in [2.05, 4.69) is 17.3 Å². The van der Waals surface area contributed by atoms with Crippen LogP contribution in [0.3, 0.4) is 0 Å². The third-order valence-electron chi connectivity index (χ3n) is 2.49. The molecule has 0 radical (unpaired) electrons. The molecule has 0 aromatic heterocycles. The Balaban J connectivity index is 2.00. The zero-order valence-corrected chi connectivity index (χ0v) is 6.34. The van der Waals surface area contributed by atoms with Gasteiger partial charge in [-0.1, -0.05) is 0 Å². The second kappa shape index (κ2) is 2.49. The summed E-state index contributed by atoms with van der Waals surface area (Å²) in [5.41, 5.74) is 3.03. The number of rotatable bonds is 0. The number of hydrogen-bond acceptors (Lipinski definition) is 3. The highest BCUT2D eigenvalue weighted by Crippen LogP contribution is 2.19. The van der Waals surface area contributed by atoms with Gasteiger partial charge in [0.05, 0.1) is 0 Å². The zero-order valence-electron chi connectivity index (χ0n) is 6.34. The molecule has 1 N–H and O–H groups in total. The van der Waals surface area contributed by atoms with Gasteiger partial charge in [0.15, 0.2) is 0 Å². The molecule has 0 aromatic rings. The van der Waals surface area contributed by atoms with Gasteiger partial charge in [0.2, 0.25) is 0 Å². The van der Waals surface area contributed by atoms with Gasteiger partial charge >= 0.3 is 0 Å². The van der Waals surface area contributed by atoms with Gasteiger partial charge < -0.3 is 0 Å². The SMILES string of the molecule is CC1CCC2CN1CON2. The summed E-state index contributed by atoms with van der Waals surface area (Å²) in [6, 6.07) is 1.31. The highest BCUT2D eigenvalue weighted by Gasteiger charge is 2.28. The second-order valence-corrected chi connectivity index (χ2v) is 3.29. The van der Waals surface area contributed by atoms with Gasteiger partial charge in [-0.3, -0.25) is 9.74 Å². The highest BCUT2D eigenvalue weighted by atomic mass is 16.7. The van der Waals surface area contributed by atoms with Gasteiger partial charge in [0.25, 0.3) is 0 Å². The molecule has 2 aliphatic rings. The average Bonchev–Trinajstić information content (AvgIpc) is 1.99. The van der Waals surface area contributed by atoms with Crippen LogP contribution < -0.4 is 5.48 Å². The molecule has 2 fully saturated rings. The van der Waals surface area contributed by atoms with E-state index in [4.69, 9.17) is 4.84 Å². The maximum absolute atomic E-state index is 5.18. The Bertz CT molecular complexity index is 127. The number of nitrogens with zero attached hydrogens (tertiary/aromatic N) is 1. The summed E-state index contributed by atoms with van der Waals surface area (Å²) >= 11 is 0. The molecule has 3 heteroatoms. The summed E-state index contributed by atoms with van der Waals surface area (Å²) in [7, 11) is 0. The number of fused-ring (bicyclic) bond motifs is 2. The normalized spacial score (nSPS) is 47.1. The predicted molar refractivity (Wildman–Crippen MR) is 38.3 cm³/mol. The van der Waals surface area contributed by atoms with Gasteiger partial charge in [-0.15, -0.1) is 0 Å². The molecule has 58 valence electrons. The van der Waals surface area contributed by atoms with E-state index in [1.807, 2.05) is 0 Å². The van der Waals surface area contributed by atoms with E-state index in [1.54, 1.807) is 0 Å². The first-order valence-electron chi connectivity index (χ1n) is 3.97. The lowest BCUT2D eigenvalue weighted by atomic mass is 10.0. The Hall–Kier alpha value is -0.120. The summed E-state index contributed by atoms with van der Waals surface area (Å²) in [4.78, 5) is 7.56. The molecule has 2 saturated heterocycles. The molecule has 10 heavy (non-hydrogen) atoms. The molecule has 3 nitrogen and oxygen atoms in total. The summed E-state index contributed by atoms with van der Waals surface area (Å²) in [6.45, 7) is 4.20. The Morgan fingerprint density at radius 1 is 1.50 bits per heavy atom. The van der Waals surface area contributed by atoms with Crippen LogP contribution in [0.4, 0.5) is 0 Å². The minimum atomic E-state index is 0.588. The molecule has 0 saturated carbocycles. The number of hydrogen-bond donors (Lipinski definition) is 1. The fourth-order valence-electron chi connectivity index (χ4n) is 1.69. The smallest absolute Gasteiger partial charge is 0.121 e. The highest BCUT2D eigenvalue weighted by molar-refractivity contribution is 4.81. The van der Waals surface area contributed by atoms with Crippen molar-refractivity contribution in [1.29, 1.82) is 0 Å². The summed E-state index contributed by atoms with van der Waals surface area (Å²) < 4.78 is 0. The predicted octanol–water partition coefficient (Wildman–Crippen LogP) is 0.332. The van der Waals surface area contributed by atoms with Crippen LogP contribution in [0.25, 0.3) is 0 Å². The first-order chi connectivity index (χ1) is 4.86. The van der Waals surface area contributed by atoms with Gasteiger partial charge in [-0.2, -0.15) is 5.48 Å². The van der Waals surface area contributed by atoms with E-state index in [1.165, 1.54) is 19.4 Å². The van der Waals surface area contributed by atoms with E-state index < -0.39 is 0 Å². The molecule has 0 aromatic carbocycles. The Morgan fingerprint density at radius 3 is 3.20 bits per heavy atom. The fraction of sp³-hybridized carbons (Fsp3) is 1.00. The fourth-order valence-corrected chi connectivity index (χ4v) is 1.69. The molecule has 2 aliphatic heterocycles.